The molecule has 0 aromatic carbocycles. The van der Waals surface area contributed by atoms with Crippen LogP contribution in [0.25, 0.3) is 0 Å². The summed E-state index contributed by atoms with van der Waals surface area (Å²) in [5.41, 5.74) is 0. The molecule has 0 rings (SSSR count). The number of aliphatic hydroxyl groups is 3. The highest BCUT2D eigenvalue weighted by atomic mass is 16.3. The summed E-state index contributed by atoms with van der Waals surface area (Å²) in [6.07, 6.45) is 53.3. The predicted octanol–water partition coefficient (Wildman–Crippen LogP) is 13.8. The van der Waals surface area contributed by atoms with E-state index < -0.39 is 18.2 Å². The minimum absolute atomic E-state index is 0.00970. The zero-order chi connectivity index (χ0) is 38.7. The number of carbonyl (C=O) groups is 1. The number of hydrogen-bond acceptors (Lipinski definition) is 4. The first-order chi connectivity index (χ1) is 26.0. The average molecular weight is 748 g/mol. The van der Waals surface area contributed by atoms with Crippen LogP contribution in [-0.2, 0) is 4.79 Å². The van der Waals surface area contributed by atoms with Gasteiger partial charge < -0.3 is 20.6 Å². The van der Waals surface area contributed by atoms with Crippen LogP contribution in [0.15, 0.2) is 24.3 Å². The lowest BCUT2D eigenvalue weighted by Crippen LogP contribution is -2.45. The van der Waals surface area contributed by atoms with E-state index in [0.717, 1.165) is 32.1 Å². The highest BCUT2D eigenvalue weighted by Gasteiger charge is 2.20. The van der Waals surface area contributed by atoms with Crippen LogP contribution in [0.4, 0.5) is 0 Å². The third-order valence-electron chi connectivity index (χ3n) is 11.0. The fourth-order valence-corrected chi connectivity index (χ4v) is 7.36. The van der Waals surface area contributed by atoms with Crippen molar-refractivity contribution in [1.29, 1.82) is 0 Å². The minimum Gasteiger partial charge on any atom is -0.394 e. The van der Waals surface area contributed by atoms with Crippen LogP contribution < -0.4 is 5.32 Å². The summed E-state index contributed by atoms with van der Waals surface area (Å²) in [7, 11) is 0. The third-order valence-corrected chi connectivity index (χ3v) is 11.0. The Kier molecular flexibility index (Phi) is 42.6. The first-order valence-corrected chi connectivity index (χ1v) is 23.6. The SMILES string of the molecule is CCCCCCCCCCCCCCCCCCC/C=C/CC/C=C/C(O)C(CO)NC(=O)CC(O)CCCCCCCCCCCCCCCCC. The summed E-state index contributed by atoms with van der Waals surface area (Å²) in [6.45, 7) is 4.22. The van der Waals surface area contributed by atoms with Gasteiger partial charge in [0.25, 0.3) is 0 Å². The van der Waals surface area contributed by atoms with Crippen LogP contribution in [0.2, 0.25) is 0 Å². The number of allylic oxidation sites excluding steroid dienone is 3. The van der Waals surface area contributed by atoms with Crippen molar-refractivity contribution in [3.8, 4) is 0 Å². The van der Waals surface area contributed by atoms with Gasteiger partial charge in [0.2, 0.25) is 5.91 Å². The Morgan fingerprint density at radius 3 is 1.21 bits per heavy atom. The molecule has 5 heteroatoms. The monoisotopic (exact) mass is 748 g/mol. The zero-order valence-corrected chi connectivity index (χ0v) is 35.7. The van der Waals surface area contributed by atoms with Crippen molar-refractivity contribution < 1.29 is 20.1 Å². The smallest absolute Gasteiger partial charge is 0.222 e. The molecule has 0 saturated carbocycles. The standard InChI is InChI=1S/C48H93NO4/c1-3-5-7-9-11-13-15-17-19-20-21-22-23-24-25-26-28-30-32-34-36-38-40-42-47(52)46(44-50)49-48(53)43-45(51)41-39-37-35-33-31-29-27-18-16-14-12-10-8-6-4-2/h32,34,40,42,45-47,50-52H,3-31,33,35-39,41,43-44H2,1-2H3,(H,49,53)/b34-32+,42-40+. The first kappa shape index (κ1) is 51.8. The van der Waals surface area contributed by atoms with Gasteiger partial charge in [-0.1, -0.05) is 237 Å². The van der Waals surface area contributed by atoms with E-state index in [1.54, 1.807) is 6.08 Å². The van der Waals surface area contributed by atoms with Crippen molar-refractivity contribution in [2.45, 2.75) is 270 Å². The normalized spacial score (nSPS) is 13.7. The molecule has 3 unspecified atom stereocenters. The van der Waals surface area contributed by atoms with E-state index in [9.17, 15) is 20.1 Å². The van der Waals surface area contributed by atoms with Gasteiger partial charge in [0.15, 0.2) is 0 Å². The summed E-state index contributed by atoms with van der Waals surface area (Å²) in [5.74, 6) is -0.322. The maximum atomic E-state index is 12.4. The lowest BCUT2D eigenvalue weighted by atomic mass is 10.0. The largest absolute Gasteiger partial charge is 0.394 e. The van der Waals surface area contributed by atoms with Crippen LogP contribution >= 0.6 is 0 Å². The number of hydrogen-bond donors (Lipinski definition) is 4. The summed E-state index contributed by atoms with van der Waals surface area (Å²) in [4.78, 5) is 12.4. The highest BCUT2D eigenvalue weighted by molar-refractivity contribution is 5.76. The molecule has 0 fully saturated rings. The van der Waals surface area contributed by atoms with E-state index in [2.05, 4.69) is 31.3 Å². The predicted molar refractivity (Wildman–Crippen MR) is 231 cm³/mol. The molecule has 0 aromatic rings. The summed E-state index contributed by atoms with van der Waals surface area (Å²) < 4.78 is 0. The molecule has 0 aromatic heterocycles. The van der Waals surface area contributed by atoms with Gasteiger partial charge in [-0.3, -0.25) is 4.79 Å². The van der Waals surface area contributed by atoms with Crippen molar-refractivity contribution in [2.75, 3.05) is 6.61 Å². The molecule has 0 bridgehead atoms. The van der Waals surface area contributed by atoms with Gasteiger partial charge in [0.05, 0.1) is 31.3 Å². The van der Waals surface area contributed by atoms with E-state index in [-0.39, 0.29) is 18.9 Å². The maximum absolute atomic E-state index is 12.4. The van der Waals surface area contributed by atoms with Gasteiger partial charge in [0, 0.05) is 0 Å². The lowest BCUT2D eigenvalue weighted by Gasteiger charge is -2.21. The molecule has 0 aliphatic rings. The number of amides is 1. The Balaban J connectivity index is 3.65. The molecule has 0 aliphatic heterocycles. The summed E-state index contributed by atoms with van der Waals surface area (Å²) in [6, 6.07) is -0.757. The lowest BCUT2D eigenvalue weighted by molar-refractivity contribution is -0.124. The van der Waals surface area contributed by atoms with Crippen molar-refractivity contribution >= 4 is 5.91 Å². The fraction of sp³-hybridized carbons (Fsp3) is 0.896. The second-order valence-electron chi connectivity index (χ2n) is 16.4. The van der Waals surface area contributed by atoms with Crippen LogP contribution in [0.1, 0.15) is 251 Å². The Labute approximate surface area is 331 Å². The van der Waals surface area contributed by atoms with Gasteiger partial charge >= 0.3 is 0 Å². The average Bonchev–Trinajstić information content (AvgIpc) is 3.15. The number of aliphatic hydroxyl groups excluding tert-OH is 3. The van der Waals surface area contributed by atoms with Crippen molar-refractivity contribution in [3.63, 3.8) is 0 Å². The molecule has 0 aliphatic carbocycles. The third kappa shape index (κ3) is 40.3. The molecular weight excluding hydrogens is 655 g/mol. The molecule has 0 saturated heterocycles. The molecule has 1 amide bonds. The van der Waals surface area contributed by atoms with Gasteiger partial charge in [-0.25, -0.2) is 0 Å². The van der Waals surface area contributed by atoms with Crippen LogP contribution in [-0.4, -0.2) is 46.1 Å². The fourth-order valence-electron chi connectivity index (χ4n) is 7.36. The van der Waals surface area contributed by atoms with E-state index in [4.69, 9.17) is 0 Å². The Morgan fingerprint density at radius 1 is 0.472 bits per heavy atom. The highest BCUT2D eigenvalue weighted by Crippen LogP contribution is 2.16. The van der Waals surface area contributed by atoms with Crippen molar-refractivity contribution in [2.24, 2.45) is 0 Å². The molecule has 0 radical (unpaired) electrons. The van der Waals surface area contributed by atoms with Gasteiger partial charge in [-0.2, -0.15) is 0 Å². The quantitative estimate of drug-likeness (QED) is 0.0369. The molecule has 0 spiro atoms. The topological polar surface area (TPSA) is 89.8 Å². The Morgan fingerprint density at radius 2 is 0.811 bits per heavy atom. The molecule has 0 heterocycles. The van der Waals surface area contributed by atoms with E-state index in [1.165, 1.54) is 193 Å². The van der Waals surface area contributed by atoms with Gasteiger partial charge in [0.1, 0.15) is 0 Å². The van der Waals surface area contributed by atoms with Crippen LogP contribution in [0.5, 0.6) is 0 Å². The Bertz CT molecular complexity index is 784. The number of rotatable bonds is 43. The van der Waals surface area contributed by atoms with Crippen LogP contribution in [0.3, 0.4) is 0 Å². The molecule has 3 atom stereocenters. The van der Waals surface area contributed by atoms with E-state index >= 15 is 0 Å². The second kappa shape index (κ2) is 43.6. The summed E-state index contributed by atoms with van der Waals surface area (Å²) in [5, 5.41) is 33.2. The summed E-state index contributed by atoms with van der Waals surface area (Å²) >= 11 is 0. The second-order valence-corrected chi connectivity index (χ2v) is 16.4. The van der Waals surface area contributed by atoms with Gasteiger partial charge in [-0.05, 0) is 32.1 Å². The molecular formula is C48H93NO4. The number of carbonyl (C=O) groups excluding carboxylic acids is 1. The molecule has 4 N–H and O–H groups in total. The first-order valence-electron chi connectivity index (χ1n) is 23.6. The molecule has 53 heavy (non-hydrogen) atoms. The van der Waals surface area contributed by atoms with Crippen molar-refractivity contribution in [1.82, 2.24) is 5.32 Å². The van der Waals surface area contributed by atoms with E-state index in [1.807, 2.05) is 6.08 Å². The Hall–Kier alpha value is -1.17. The maximum Gasteiger partial charge on any atom is 0.222 e. The van der Waals surface area contributed by atoms with Crippen LogP contribution in [0, 0.1) is 0 Å². The molecule has 314 valence electrons. The van der Waals surface area contributed by atoms with Crippen molar-refractivity contribution in [3.05, 3.63) is 24.3 Å². The number of unbranched alkanes of at least 4 members (excludes halogenated alkanes) is 32. The number of nitrogens with one attached hydrogen (secondary N) is 1. The van der Waals surface area contributed by atoms with Gasteiger partial charge in [-0.15, -0.1) is 0 Å². The zero-order valence-electron chi connectivity index (χ0n) is 35.7. The minimum atomic E-state index is -0.949. The molecule has 5 nitrogen and oxygen atoms in total. The van der Waals surface area contributed by atoms with E-state index in [0.29, 0.717) is 6.42 Å².